The lowest BCUT2D eigenvalue weighted by Gasteiger charge is -2.36. The third-order valence-corrected chi connectivity index (χ3v) is 7.90. The Labute approximate surface area is 193 Å². The summed E-state index contributed by atoms with van der Waals surface area (Å²) in [5.74, 6) is -2.91. The number of hydrogen-bond acceptors (Lipinski definition) is 6. The smallest absolute Gasteiger partial charge is 0.274 e. The summed E-state index contributed by atoms with van der Waals surface area (Å²) in [4.78, 5) is 55.3. The van der Waals surface area contributed by atoms with Gasteiger partial charge in [0.2, 0.25) is 17.7 Å². The van der Waals surface area contributed by atoms with E-state index in [-0.39, 0.29) is 28.9 Å². The molecular weight excluding hydrogens is 448 g/mol. The predicted octanol–water partition coefficient (Wildman–Crippen LogP) is 2.99. The molecule has 4 unspecified atom stereocenters. The number of nitro groups is 1. The normalized spacial score (nSPS) is 30.1. The minimum absolute atomic E-state index is 0.168. The molecule has 10 heteroatoms. The van der Waals surface area contributed by atoms with Crippen LogP contribution in [0.1, 0.15) is 24.0 Å². The Balaban J connectivity index is 1.56. The summed E-state index contributed by atoms with van der Waals surface area (Å²) in [5.41, 5.74) is 0.123. The van der Waals surface area contributed by atoms with Crippen molar-refractivity contribution in [2.75, 3.05) is 16.8 Å². The maximum absolute atomic E-state index is 14.0. The van der Waals surface area contributed by atoms with E-state index in [1.54, 1.807) is 18.2 Å². The fourth-order valence-corrected chi connectivity index (χ4v) is 6.64. The van der Waals surface area contributed by atoms with E-state index in [1.807, 2.05) is 4.90 Å². The molecule has 0 aromatic heterocycles. The molecule has 0 saturated carbocycles. The van der Waals surface area contributed by atoms with Crippen molar-refractivity contribution in [3.63, 3.8) is 0 Å². The second kappa shape index (κ2) is 6.61. The second-order valence-corrected chi connectivity index (χ2v) is 9.44. The summed E-state index contributed by atoms with van der Waals surface area (Å²) < 4.78 is 0. The Morgan fingerprint density at radius 1 is 1.18 bits per heavy atom. The van der Waals surface area contributed by atoms with Gasteiger partial charge >= 0.3 is 0 Å². The van der Waals surface area contributed by atoms with Crippen molar-refractivity contribution >= 4 is 46.4 Å². The van der Waals surface area contributed by atoms with Gasteiger partial charge in [-0.15, -0.1) is 0 Å². The van der Waals surface area contributed by atoms with Crippen molar-refractivity contribution in [1.29, 1.82) is 0 Å². The van der Waals surface area contributed by atoms with Gasteiger partial charge in [0.05, 0.1) is 28.0 Å². The molecule has 0 aliphatic carbocycles. The van der Waals surface area contributed by atoms with Gasteiger partial charge in [0.25, 0.3) is 5.69 Å². The number of hydrogen-bond donors (Lipinski definition) is 1. The Morgan fingerprint density at radius 2 is 1.97 bits per heavy atom. The van der Waals surface area contributed by atoms with Crippen LogP contribution in [0.25, 0.3) is 0 Å². The number of imide groups is 1. The Morgan fingerprint density at radius 3 is 2.73 bits per heavy atom. The van der Waals surface area contributed by atoms with Crippen molar-refractivity contribution in [2.45, 2.75) is 31.3 Å². The first-order chi connectivity index (χ1) is 15.8. The van der Waals surface area contributed by atoms with E-state index in [1.165, 1.54) is 25.1 Å². The summed E-state index contributed by atoms with van der Waals surface area (Å²) in [7, 11) is 0. The lowest BCUT2D eigenvalue weighted by molar-refractivity contribution is -0.385. The van der Waals surface area contributed by atoms with E-state index >= 15 is 0 Å². The number of carbonyl (C=O) groups is 3. The van der Waals surface area contributed by atoms with Crippen LogP contribution < -0.4 is 10.2 Å². The topological polar surface area (TPSA) is 113 Å². The molecular formula is C23H19ClN4O5. The molecule has 4 atom stereocenters. The number of carbonyl (C=O) groups excluding carboxylic acids is 3. The average molecular weight is 467 g/mol. The second-order valence-electron chi connectivity index (χ2n) is 9.01. The molecule has 2 aromatic rings. The first kappa shape index (κ1) is 20.3. The van der Waals surface area contributed by atoms with Crippen LogP contribution in [0.3, 0.4) is 0 Å². The number of rotatable bonds is 2. The number of nitrogens with zero attached hydrogens (tertiary/aromatic N) is 3. The number of fused-ring (bicyclic) bond motifs is 7. The highest BCUT2D eigenvalue weighted by Crippen LogP contribution is 2.61. The van der Waals surface area contributed by atoms with E-state index in [9.17, 15) is 24.5 Å². The molecule has 4 aliphatic heterocycles. The molecule has 0 radical (unpaired) electrons. The number of halogens is 1. The van der Waals surface area contributed by atoms with Crippen LogP contribution in [-0.2, 0) is 19.9 Å². The molecule has 1 spiro atoms. The molecule has 3 amide bonds. The van der Waals surface area contributed by atoms with Gasteiger partial charge in [-0.3, -0.25) is 29.4 Å². The first-order valence-corrected chi connectivity index (χ1v) is 11.2. The van der Waals surface area contributed by atoms with Gasteiger partial charge in [-0.05, 0) is 50.6 Å². The zero-order valence-corrected chi connectivity index (χ0v) is 18.3. The quantitative estimate of drug-likeness (QED) is 0.413. The summed E-state index contributed by atoms with van der Waals surface area (Å²) in [6, 6.07) is 9.16. The SMILES string of the molecule is Cc1c(N2C(=O)C3C4CCCN4C4(C(=O)Nc5ccc(Cl)cc54)C3C2=O)cccc1[N+](=O)[O-]. The third kappa shape index (κ3) is 2.33. The minimum Gasteiger partial charge on any atom is -0.324 e. The van der Waals surface area contributed by atoms with Crippen molar-refractivity contribution in [3.05, 3.63) is 62.7 Å². The van der Waals surface area contributed by atoms with E-state index in [2.05, 4.69) is 5.32 Å². The third-order valence-electron chi connectivity index (χ3n) is 7.67. The van der Waals surface area contributed by atoms with E-state index in [0.717, 1.165) is 11.3 Å². The number of amides is 3. The standard InChI is InChI=1S/C23H19ClN4O5/c1-11-15(4-2-5-16(11)28(32)33)27-20(29)18-17-6-3-9-26(17)23(19(18)21(27)30)13-10-12(24)7-8-14(13)25-22(23)31/h2,4-5,7-8,10,17-19H,3,6,9H2,1H3,(H,25,31). The molecule has 4 heterocycles. The zero-order chi connectivity index (χ0) is 23.2. The van der Waals surface area contributed by atoms with Crippen LogP contribution in [0.5, 0.6) is 0 Å². The van der Waals surface area contributed by atoms with Gasteiger partial charge in [0.15, 0.2) is 0 Å². The highest BCUT2D eigenvalue weighted by molar-refractivity contribution is 6.31. The van der Waals surface area contributed by atoms with Gasteiger partial charge in [-0.1, -0.05) is 17.7 Å². The van der Waals surface area contributed by atoms with Crippen molar-refractivity contribution < 1.29 is 19.3 Å². The van der Waals surface area contributed by atoms with Gasteiger partial charge < -0.3 is 5.32 Å². The number of nitrogens with one attached hydrogen (secondary N) is 1. The molecule has 3 saturated heterocycles. The fraction of sp³-hybridized carbons (Fsp3) is 0.348. The molecule has 0 bridgehead atoms. The highest BCUT2D eigenvalue weighted by atomic mass is 35.5. The molecule has 168 valence electrons. The van der Waals surface area contributed by atoms with Crippen LogP contribution in [-0.4, -0.2) is 40.1 Å². The lowest BCUT2D eigenvalue weighted by Crippen LogP contribution is -2.54. The summed E-state index contributed by atoms with van der Waals surface area (Å²) in [6.07, 6.45) is 1.49. The molecule has 33 heavy (non-hydrogen) atoms. The Kier molecular flexibility index (Phi) is 4.07. The maximum atomic E-state index is 14.0. The molecule has 2 aromatic carbocycles. The number of nitro benzene ring substituents is 1. The van der Waals surface area contributed by atoms with Crippen molar-refractivity contribution in [1.82, 2.24) is 4.90 Å². The molecule has 3 fully saturated rings. The van der Waals surface area contributed by atoms with E-state index in [0.29, 0.717) is 29.2 Å². The highest BCUT2D eigenvalue weighted by Gasteiger charge is 2.74. The summed E-state index contributed by atoms with van der Waals surface area (Å²) in [5, 5.41) is 14.8. The van der Waals surface area contributed by atoms with Crippen LogP contribution >= 0.6 is 11.6 Å². The molecule has 1 N–H and O–H groups in total. The van der Waals surface area contributed by atoms with E-state index < -0.39 is 34.1 Å². The van der Waals surface area contributed by atoms with Crippen molar-refractivity contribution in [2.24, 2.45) is 11.8 Å². The predicted molar refractivity (Wildman–Crippen MR) is 119 cm³/mol. The maximum Gasteiger partial charge on any atom is 0.274 e. The molecule has 6 rings (SSSR count). The molecule has 9 nitrogen and oxygen atoms in total. The van der Waals surface area contributed by atoms with Crippen LogP contribution in [0.4, 0.5) is 17.1 Å². The Hall–Kier alpha value is -3.30. The van der Waals surface area contributed by atoms with Crippen LogP contribution in [0.15, 0.2) is 36.4 Å². The fourth-order valence-electron chi connectivity index (χ4n) is 6.46. The summed E-state index contributed by atoms with van der Waals surface area (Å²) >= 11 is 6.29. The Bertz CT molecular complexity index is 1300. The first-order valence-electron chi connectivity index (χ1n) is 10.8. The van der Waals surface area contributed by atoms with Gasteiger partial charge in [0, 0.05) is 28.4 Å². The van der Waals surface area contributed by atoms with Gasteiger partial charge in [-0.25, -0.2) is 4.90 Å². The van der Waals surface area contributed by atoms with Crippen molar-refractivity contribution in [3.8, 4) is 0 Å². The number of anilines is 2. The summed E-state index contributed by atoms with van der Waals surface area (Å²) in [6.45, 7) is 2.12. The van der Waals surface area contributed by atoms with Crippen LogP contribution in [0.2, 0.25) is 5.02 Å². The largest absolute Gasteiger partial charge is 0.324 e. The monoisotopic (exact) mass is 466 g/mol. The zero-order valence-electron chi connectivity index (χ0n) is 17.6. The van der Waals surface area contributed by atoms with Gasteiger partial charge in [0.1, 0.15) is 5.54 Å². The molecule has 4 aliphatic rings. The minimum atomic E-state index is -1.33. The van der Waals surface area contributed by atoms with E-state index in [4.69, 9.17) is 11.6 Å². The average Bonchev–Trinajstić information content (AvgIpc) is 3.47. The number of benzene rings is 2. The lowest BCUT2D eigenvalue weighted by atomic mass is 9.75. The van der Waals surface area contributed by atoms with Gasteiger partial charge in [-0.2, -0.15) is 0 Å². The van der Waals surface area contributed by atoms with Crippen LogP contribution in [0, 0.1) is 28.9 Å².